The lowest BCUT2D eigenvalue weighted by Crippen LogP contribution is -2.39. The van der Waals surface area contributed by atoms with Gasteiger partial charge >= 0.3 is 0 Å². The van der Waals surface area contributed by atoms with Crippen molar-refractivity contribution in [2.45, 2.75) is 27.2 Å². The molecule has 4 nitrogen and oxygen atoms in total. The fourth-order valence-electron chi connectivity index (χ4n) is 2.40. The highest BCUT2D eigenvalue weighted by Gasteiger charge is 2.04. The highest BCUT2D eigenvalue weighted by atomic mass is 16.5. The van der Waals surface area contributed by atoms with Gasteiger partial charge in [0.25, 0.3) is 0 Å². The minimum absolute atomic E-state index is 0.677. The van der Waals surface area contributed by atoms with Crippen LogP contribution in [-0.2, 0) is 11.2 Å². The summed E-state index contributed by atoms with van der Waals surface area (Å²) < 4.78 is 5.01. The third-order valence-corrected chi connectivity index (χ3v) is 3.33. The number of nitrogens with one attached hydrogen (secondary N) is 2. The molecule has 0 saturated carbocycles. The van der Waals surface area contributed by atoms with Crippen molar-refractivity contribution >= 4 is 5.96 Å². The van der Waals surface area contributed by atoms with Crippen LogP contribution in [-0.4, -0.2) is 39.8 Å². The Morgan fingerprint density at radius 1 is 1.10 bits per heavy atom. The zero-order valence-electron chi connectivity index (χ0n) is 13.3. The van der Waals surface area contributed by atoms with E-state index >= 15 is 0 Å². The molecule has 0 radical (unpaired) electrons. The van der Waals surface area contributed by atoms with Crippen molar-refractivity contribution in [1.82, 2.24) is 10.6 Å². The third-order valence-electron chi connectivity index (χ3n) is 3.33. The van der Waals surface area contributed by atoms with Gasteiger partial charge in [0.05, 0.1) is 6.61 Å². The normalized spacial score (nSPS) is 11.6. The first-order chi connectivity index (χ1) is 9.58. The molecule has 0 aliphatic heterocycles. The summed E-state index contributed by atoms with van der Waals surface area (Å²) in [5.41, 5.74) is 5.49. The number of hydrogen-bond donors (Lipinski definition) is 2. The van der Waals surface area contributed by atoms with E-state index < -0.39 is 0 Å². The molecule has 1 aromatic carbocycles. The van der Waals surface area contributed by atoms with Crippen molar-refractivity contribution in [1.29, 1.82) is 0 Å². The van der Waals surface area contributed by atoms with E-state index in [1.165, 1.54) is 22.3 Å². The highest BCUT2D eigenvalue weighted by Crippen LogP contribution is 2.16. The monoisotopic (exact) mass is 277 g/mol. The SMILES string of the molecule is CN=C(NCCOC)NCCc1c(C)cc(C)cc1C. The van der Waals surface area contributed by atoms with Crippen LogP contribution in [0, 0.1) is 20.8 Å². The largest absolute Gasteiger partial charge is 0.383 e. The van der Waals surface area contributed by atoms with Crippen molar-refractivity contribution in [2.24, 2.45) is 4.99 Å². The van der Waals surface area contributed by atoms with E-state index in [9.17, 15) is 0 Å². The highest BCUT2D eigenvalue weighted by molar-refractivity contribution is 5.79. The molecule has 0 amide bonds. The molecule has 0 saturated heterocycles. The molecule has 0 aliphatic carbocycles. The average Bonchev–Trinajstić information content (AvgIpc) is 2.39. The number of aryl methyl sites for hydroxylation is 3. The Hall–Kier alpha value is -1.55. The quantitative estimate of drug-likeness (QED) is 0.475. The molecule has 0 fully saturated rings. The predicted octanol–water partition coefficient (Wildman–Crippen LogP) is 1.97. The first kappa shape index (κ1) is 16.5. The number of aliphatic imine (C=N–C) groups is 1. The molecule has 0 aliphatic rings. The first-order valence-electron chi connectivity index (χ1n) is 7.08. The van der Waals surface area contributed by atoms with Crippen LogP contribution in [0.4, 0.5) is 0 Å². The van der Waals surface area contributed by atoms with Gasteiger partial charge in [0.2, 0.25) is 0 Å². The molecule has 0 heterocycles. The average molecular weight is 277 g/mol. The summed E-state index contributed by atoms with van der Waals surface area (Å²) in [5.74, 6) is 0.824. The molecule has 1 rings (SSSR count). The fourth-order valence-corrected chi connectivity index (χ4v) is 2.40. The Bertz CT molecular complexity index is 432. The molecular weight excluding hydrogens is 250 g/mol. The summed E-state index contributed by atoms with van der Waals surface area (Å²) in [6.07, 6.45) is 1.00. The van der Waals surface area contributed by atoms with E-state index in [0.29, 0.717) is 6.61 Å². The number of hydrogen-bond acceptors (Lipinski definition) is 2. The second-order valence-electron chi connectivity index (χ2n) is 5.05. The standard InChI is InChI=1S/C16H27N3O/c1-12-10-13(2)15(14(3)11-12)6-7-18-16(17-4)19-8-9-20-5/h10-11H,6-9H2,1-5H3,(H2,17,18,19). The van der Waals surface area contributed by atoms with E-state index in [0.717, 1.165) is 25.5 Å². The van der Waals surface area contributed by atoms with Crippen LogP contribution >= 0.6 is 0 Å². The molecular formula is C16H27N3O. The van der Waals surface area contributed by atoms with E-state index in [1.54, 1.807) is 14.2 Å². The molecule has 0 unspecified atom stereocenters. The van der Waals surface area contributed by atoms with Gasteiger partial charge in [-0.1, -0.05) is 17.7 Å². The summed E-state index contributed by atoms with van der Waals surface area (Å²) in [6, 6.07) is 4.49. The minimum Gasteiger partial charge on any atom is -0.383 e. The minimum atomic E-state index is 0.677. The summed E-state index contributed by atoms with van der Waals surface area (Å²) in [6.45, 7) is 8.82. The van der Waals surface area contributed by atoms with Crippen LogP contribution in [0.2, 0.25) is 0 Å². The summed E-state index contributed by atoms with van der Waals surface area (Å²) >= 11 is 0. The Kier molecular flexibility index (Phi) is 7.09. The maximum absolute atomic E-state index is 5.01. The van der Waals surface area contributed by atoms with Gasteiger partial charge < -0.3 is 15.4 Å². The van der Waals surface area contributed by atoms with Gasteiger partial charge in [-0.3, -0.25) is 4.99 Å². The van der Waals surface area contributed by atoms with Crippen LogP contribution in [0.1, 0.15) is 22.3 Å². The van der Waals surface area contributed by atoms with Gasteiger partial charge in [-0.15, -0.1) is 0 Å². The van der Waals surface area contributed by atoms with Gasteiger partial charge in [-0.25, -0.2) is 0 Å². The second-order valence-corrected chi connectivity index (χ2v) is 5.05. The molecule has 0 aromatic heterocycles. The number of methoxy groups -OCH3 is 1. The number of nitrogens with zero attached hydrogens (tertiary/aromatic N) is 1. The summed E-state index contributed by atoms with van der Waals surface area (Å²) in [5, 5.41) is 6.54. The Morgan fingerprint density at radius 3 is 2.25 bits per heavy atom. The number of benzene rings is 1. The summed E-state index contributed by atoms with van der Waals surface area (Å²) in [4.78, 5) is 4.19. The maximum atomic E-state index is 5.01. The maximum Gasteiger partial charge on any atom is 0.191 e. The number of rotatable bonds is 6. The van der Waals surface area contributed by atoms with E-state index in [-0.39, 0.29) is 0 Å². The van der Waals surface area contributed by atoms with Crippen LogP contribution in [0.3, 0.4) is 0 Å². The topological polar surface area (TPSA) is 45.7 Å². The molecule has 2 N–H and O–H groups in total. The Balaban J connectivity index is 2.47. The van der Waals surface area contributed by atoms with Crippen LogP contribution in [0.15, 0.2) is 17.1 Å². The molecule has 4 heteroatoms. The van der Waals surface area contributed by atoms with Crippen molar-refractivity contribution in [3.05, 3.63) is 34.4 Å². The van der Waals surface area contributed by atoms with Crippen LogP contribution in [0.25, 0.3) is 0 Å². The zero-order valence-corrected chi connectivity index (χ0v) is 13.3. The van der Waals surface area contributed by atoms with Crippen molar-refractivity contribution in [2.75, 3.05) is 33.9 Å². The van der Waals surface area contributed by atoms with Crippen molar-refractivity contribution in [3.8, 4) is 0 Å². The van der Waals surface area contributed by atoms with Crippen molar-refractivity contribution < 1.29 is 4.74 Å². The van der Waals surface area contributed by atoms with Crippen LogP contribution < -0.4 is 10.6 Å². The van der Waals surface area contributed by atoms with Gasteiger partial charge in [0.1, 0.15) is 0 Å². The van der Waals surface area contributed by atoms with Gasteiger partial charge in [0, 0.05) is 27.2 Å². The third kappa shape index (κ3) is 5.21. The van der Waals surface area contributed by atoms with Gasteiger partial charge in [0.15, 0.2) is 5.96 Å². The van der Waals surface area contributed by atoms with E-state index in [4.69, 9.17) is 4.74 Å². The predicted molar refractivity (Wildman–Crippen MR) is 85.6 cm³/mol. The van der Waals surface area contributed by atoms with Crippen molar-refractivity contribution in [3.63, 3.8) is 0 Å². The lowest BCUT2D eigenvalue weighted by atomic mass is 9.97. The van der Waals surface area contributed by atoms with E-state index in [2.05, 4.69) is 48.5 Å². The molecule has 1 aromatic rings. The second kappa shape index (κ2) is 8.59. The lowest BCUT2D eigenvalue weighted by molar-refractivity contribution is 0.203. The van der Waals surface area contributed by atoms with Crippen LogP contribution in [0.5, 0.6) is 0 Å². The Morgan fingerprint density at radius 2 is 1.70 bits per heavy atom. The number of guanidine groups is 1. The fraction of sp³-hybridized carbons (Fsp3) is 0.562. The lowest BCUT2D eigenvalue weighted by Gasteiger charge is -2.14. The molecule has 0 atom stereocenters. The molecule has 0 spiro atoms. The van der Waals surface area contributed by atoms with Gasteiger partial charge in [-0.05, 0) is 43.9 Å². The zero-order chi connectivity index (χ0) is 15.0. The molecule has 20 heavy (non-hydrogen) atoms. The van der Waals surface area contributed by atoms with Gasteiger partial charge in [-0.2, -0.15) is 0 Å². The number of ether oxygens (including phenoxy) is 1. The smallest absolute Gasteiger partial charge is 0.191 e. The van der Waals surface area contributed by atoms with E-state index in [1.807, 2.05) is 0 Å². The molecule has 0 bridgehead atoms. The Labute approximate surface area is 122 Å². The summed E-state index contributed by atoms with van der Waals surface area (Å²) in [7, 11) is 3.48. The molecule has 112 valence electrons. The first-order valence-corrected chi connectivity index (χ1v) is 7.08.